The molecule has 2 nitrogen and oxygen atoms in total. The van der Waals surface area contributed by atoms with Crippen LogP contribution >= 0.6 is 0 Å². The Hall–Kier alpha value is -0.340. The molecule has 1 fully saturated rings. The van der Waals surface area contributed by atoms with Gasteiger partial charge < -0.3 is 10.2 Å². The van der Waals surface area contributed by atoms with E-state index in [1.54, 1.807) is 0 Å². The van der Waals surface area contributed by atoms with Crippen molar-refractivity contribution in [2.75, 3.05) is 6.61 Å². The highest BCUT2D eigenvalue weighted by atomic mass is 16.3. The van der Waals surface area contributed by atoms with Crippen LogP contribution < -0.4 is 0 Å². The third kappa shape index (κ3) is 4.44. The zero-order valence-corrected chi connectivity index (χ0v) is 11.4. The smallest absolute Gasteiger partial charge is 0.0600 e. The maximum absolute atomic E-state index is 9.90. The molecule has 0 amide bonds. The lowest BCUT2D eigenvalue weighted by Gasteiger charge is -2.31. The molecule has 0 radical (unpaired) electrons. The Kier molecular flexibility index (Phi) is 6.21. The highest BCUT2D eigenvalue weighted by Crippen LogP contribution is 2.34. The molecule has 0 spiro atoms. The van der Waals surface area contributed by atoms with E-state index in [0.717, 1.165) is 5.57 Å². The van der Waals surface area contributed by atoms with Gasteiger partial charge in [-0.3, -0.25) is 0 Å². The van der Waals surface area contributed by atoms with E-state index in [9.17, 15) is 10.2 Å². The van der Waals surface area contributed by atoms with Crippen LogP contribution in [-0.4, -0.2) is 22.9 Å². The summed E-state index contributed by atoms with van der Waals surface area (Å²) in [5.41, 5.74) is 1.04. The fourth-order valence-corrected chi connectivity index (χ4v) is 2.80. The fraction of sp³-hybridized carbons (Fsp3) is 0.867. The van der Waals surface area contributed by atoms with Crippen molar-refractivity contribution in [1.29, 1.82) is 0 Å². The lowest BCUT2D eigenvalue weighted by molar-refractivity contribution is 0.111. The zero-order valence-electron chi connectivity index (χ0n) is 11.4. The van der Waals surface area contributed by atoms with Crippen molar-refractivity contribution in [1.82, 2.24) is 0 Å². The van der Waals surface area contributed by atoms with E-state index in [2.05, 4.69) is 6.58 Å². The monoisotopic (exact) mass is 240 g/mol. The number of hydrogen-bond acceptors (Lipinski definition) is 2. The topological polar surface area (TPSA) is 40.5 Å². The summed E-state index contributed by atoms with van der Waals surface area (Å²) < 4.78 is 0. The van der Waals surface area contributed by atoms with Crippen LogP contribution in [0, 0.1) is 17.8 Å². The predicted molar refractivity (Wildman–Crippen MR) is 71.8 cm³/mol. The third-order valence-corrected chi connectivity index (χ3v) is 4.18. The number of aliphatic hydroxyl groups is 2. The molecule has 1 aliphatic rings. The Labute approximate surface area is 106 Å². The molecule has 2 heteroatoms. The summed E-state index contributed by atoms with van der Waals surface area (Å²) in [6.45, 7) is 8.33. The second kappa shape index (κ2) is 7.17. The minimum absolute atomic E-state index is 0.189. The van der Waals surface area contributed by atoms with Gasteiger partial charge in [0.2, 0.25) is 0 Å². The van der Waals surface area contributed by atoms with Gasteiger partial charge in [-0.25, -0.2) is 0 Å². The molecule has 1 aliphatic carbocycles. The molecule has 0 aliphatic heterocycles. The molecule has 1 rings (SSSR count). The summed E-state index contributed by atoms with van der Waals surface area (Å²) >= 11 is 0. The SMILES string of the molecule is C=C(C[C@H](O)C(C)C)[C@@H](CO)C1CCCCC1. The first kappa shape index (κ1) is 14.7. The van der Waals surface area contributed by atoms with Gasteiger partial charge in [-0.15, -0.1) is 0 Å². The Morgan fingerprint density at radius 1 is 1.24 bits per heavy atom. The van der Waals surface area contributed by atoms with Crippen molar-refractivity contribution in [2.24, 2.45) is 17.8 Å². The molecule has 2 N–H and O–H groups in total. The van der Waals surface area contributed by atoms with E-state index in [4.69, 9.17) is 0 Å². The molecule has 0 bridgehead atoms. The average molecular weight is 240 g/mol. The van der Waals surface area contributed by atoms with Gasteiger partial charge >= 0.3 is 0 Å². The standard InChI is InChI=1S/C15H28O2/c1-11(2)15(17)9-12(3)14(10-16)13-7-5-4-6-8-13/h11,13-17H,3-10H2,1-2H3/t14-,15+/m1/s1. The van der Waals surface area contributed by atoms with Gasteiger partial charge in [-0.05, 0) is 31.1 Å². The van der Waals surface area contributed by atoms with E-state index in [1.807, 2.05) is 13.8 Å². The first-order valence-electron chi connectivity index (χ1n) is 7.02. The van der Waals surface area contributed by atoms with Crippen LogP contribution in [0.15, 0.2) is 12.2 Å². The lowest BCUT2D eigenvalue weighted by Crippen LogP contribution is -2.26. The molecule has 100 valence electrons. The van der Waals surface area contributed by atoms with Crippen LogP contribution in [0.4, 0.5) is 0 Å². The van der Waals surface area contributed by atoms with Crippen molar-refractivity contribution < 1.29 is 10.2 Å². The van der Waals surface area contributed by atoms with Gasteiger partial charge in [0.15, 0.2) is 0 Å². The minimum Gasteiger partial charge on any atom is -0.396 e. The first-order valence-corrected chi connectivity index (χ1v) is 7.02. The summed E-state index contributed by atoms with van der Waals surface area (Å²) in [6, 6.07) is 0. The molecule has 2 atom stereocenters. The summed E-state index contributed by atoms with van der Waals surface area (Å²) in [7, 11) is 0. The highest BCUT2D eigenvalue weighted by Gasteiger charge is 2.26. The van der Waals surface area contributed by atoms with Gasteiger partial charge in [-0.1, -0.05) is 45.3 Å². The second-order valence-corrected chi connectivity index (χ2v) is 5.86. The van der Waals surface area contributed by atoms with Crippen LogP contribution in [0.2, 0.25) is 0 Å². The second-order valence-electron chi connectivity index (χ2n) is 5.86. The van der Waals surface area contributed by atoms with E-state index in [-0.39, 0.29) is 24.5 Å². The molecule has 0 saturated heterocycles. The van der Waals surface area contributed by atoms with Crippen LogP contribution in [0.3, 0.4) is 0 Å². The van der Waals surface area contributed by atoms with Gasteiger partial charge in [-0.2, -0.15) is 0 Å². The van der Waals surface area contributed by atoms with E-state index >= 15 is 0 Å². The number of hydrogen-bond donors (Lipinski definition) is 2. The summed E-state index contributed by atoms with van der Waals surface area (Å²) in [4.78, 5) is 0. The molecule has 0 heterocycles. The molecule has 0 aromatic heterocycles. The van der Waals surface area contributed by atoms with Crippen LogP contribution in [0.1, 0.15) is 52.4 Å². The van der Waals surface area contributed by atoms with Crippen molar-refractivity contribution >= 4 is 0 Å². The largest absolute Gasteiger partial charge is 0.396 e. The Balaban J connectivity index is 2.50. The molecule has 0 aromatic rings. The van der Waals surface area contributed by atoms with E-state index < -0.39 is 0 Å². The van der Waals surface area contributed by atoms with Crippen molar-refractivity contribution in [2.45, 2.75) is 58.5 Å². The average Bonchev–Trinajstić information content (AvgIpc) is 2.31. The molecular formula is C15H28O2. The summed E-state index contributed by atoms with van der Waals surface area (Å²) in [6.07, 6.45) is 6.63. The maximum atomic E-state index is 9.90. The Morgan fingerprint density at radius 3 is 2.29 bits per heavy atom. The molecule has 0 unspecified atom stereocenters. The van der Waals surface area contributed by atoms with Crippen LogP contribution in [-0.2, 0) is 0 Å². The summed E-state index contributed by atoms with van der Waals surface area (Å²) in [5, 5.41) is 19.5. The van der Waals surface area contributed by atoms with Crippen molar-refractivity contribution in [3.8, 4) is 0 Å². The maximum Gasteiger partial charge on any atom is 0.0600 e. The van der Waals surface area contributed by atoms with Crippen LogP contribution in [0.25, 0.3) is 0 Å². The highest BCUT2D eigenvalue weighted by molar-refractivity contribution is 5.05. The predicted octanol–water partition coefficient (Wildman–Crippen LogP) is 3.14. The van der Waals surface area contributed by atoms with E-state index in [1.165, 1.54) is 32.1 Å². The van der Waals surface area contributed by atoms with Crippen molar-refractivity contribution in [3.63, 3.8) is 0 Å². The van der Waals surface area contributed by atoms with Gasteiger partial charge in [0, 0.05) is 12.5 Å². The van der Waals surface area contributed by atoms with Gasteiger partial charge in [0.1, 0.15) is 0 Å². The fourth-order valence-electron chi connectivity index (χ4n) is 2.80. The first-order chi connectivity index (χ1) is 8.06. The minimum atomic E-state index is -0.319. The Bertz CT molecular complexity index is 229. The quantitative estimate of drug-likeness (QED) is 0.700. The normalized spacial score (nSPS) is 21.5. The van der Waals surface area contributed by atoms with Gasteiger partial charge in [0.05, 0.1) is 6.10 Å². The molecular weight excluding hydrogens is 212 g/mol. The molecule has 17 heavy (non-hydrogen) atoms. The van der Waals surface area contributed by atoms with E-state index in [0.29, 0.717) is 12.3 Å². The number of aliphatic hydroxyl groups excluding tert-OH is 2. The third-order valence-electron chi connectivity index (χ3n) is 4.18. The molecule has 1 saturated carbocycles. The van der Waals surface area contributed by atoms with Crippen molar-refractivity contribution in [3.05, 3.63) is 12.2 Å². The number of rotatable bonds is 6. The Morgan fingerprint density at radius 2 is 1.82 bits per heavy atom. The zero-order chi connectivity index (χ0) is 12.8. The molecule has 0 aromatic carbocycles. The lowest BCUT2D eigenvalue weighted by atomic mass is 9.76. The van der Waals surface area contributed by atoms with Gasteiger partial charge in [0.25, 0.3) is 0 Å². The summed E-state index contributed by atoms with van der Waals surface area (Å²) in [5.74, 6) is 1.04. The van der Waals surface area contributed by atoms with Crippen LogP contribution in [0.5, 0.6) is 0 Å².